The van der Waals surface area contributed by atoms with Crippen LogP contribution < -0.4 is 5.73 Å². The molecule has 0 aliphatic heterocycles. The van der Waals surface area contributed by atoms with Gasteiger partial charge in [0.15, 0.2) is 0 Å². The maximum Gasteiger partial charge on any atom is 0.123 e. The van der Waals surface area contributed by atoms with Crippen LogP contribution in [0.1, 0.15) is 25.5 Å². The first kappa shape index (κ1) is 15.1. The summed E-state index contributed by atoms with van der Waals surface area (Å²) in [4.78, 5) is 0. The first-order valence-electron chi connectivity index (χ1n) is 6.28. The largest absolute Gasteiger partial charge is 0.379 e. The summed E-state index contributed by atoms with van der Waals surface area (Å²) < 4.78 is 23.8. The molecule has 1 unspecified atom stereocenters. The normalized spacial score (nSPS) is 12.9. The lowest BCUT2D eigenvalue weighted by molar-refractivity contribution is 0.00176. The zero-order valence-corrected chi connectivity index (χ0v) is 11.1. The van der Waals surface area contributed by atoms with Gasteiger partial charge in [-0.2, -0.15) is 0 Å². The van der Waals surface area contributed by atoms with E-state index in [1.54, 1.807) is 12.1 Å². The van der Waals surface area contributed by atoms with Gasteiger partial charge in [-0.15, -0.1) is 0 Å². The van der Waals surface area contributed by atoms with E-state index in [0.29, 0.717) is 25.7 Å². The number of benzene rings is 1. The number of nitrogens with two attached hydrogens (primary N) is 1. The molecule has 2 N–H and O–H groups in total. The van der Waals surface area contributed by atoms with Crippen LogP contribution in [0.15, 0.2) is 24.3 Å². The lowest BCUT2D eigenvalue weighted by Crippen LogP contribution is -2.18. The molecule has 0 aliphatic rings. The molecule has 0 saturated carbocycles. The first-order chi connectivity index (χ1) is 8.63. The predicted molar refractivity (Wildman–Crippen MR) is 69.8 cm³/mol. The summed E-state index contributed by atoms with van der Waals surface area (Å²) in [5.41, 5.74) is 6.54. The van der Waals surface area contributed by atoms with Crippen LogP contribution in [0, 0.1) is 11.7 Å². The van der Waals surface area contributed by atoms with Gasteiger partial charge in [-0.05, 0) is 23.6 Å². The number of hydrogen-bond acceptors (Lipinski definition) is 3. The minimum Gasteiger partial charge on any atom is -0.379 e. The van der Waals surface area contributed by atoms with Crippen LogP contribution in [0.25, 0.3) is 0 Å². The van der Waals surface area contributed by atoms with E-state index in [1.807, 2.05) is 0 Å². The lowest BCUT2D eigenvalue weighted by atomic mass is 10.1. The van der Waals surface area contributed by atoms with Crippen LogP contribution in [-0.2, 0) is 9.47 Å². The maximum absolute atomic E-state index is 12.8. The van der Waals surface area contributed by atoms with Crippen LogP contribution in [-0.4, -0.2) is 26.4 Å². The Morgan fingerprint density at radius 2 is 1.83 bits per heavy atom. The average Bonchev–Trinajstić information content (AvgIpc) is 2.35. The SMILES string of the molecule is CC(C)COCCOC(CN)c1ccc(F)cc1. The molecule has 102 valence electrons. The Morgan fingerprint density at radius 3 is 2.39 bits per heavy atom. The molecule has 4 heteroatoms. The van der Waals surface area contributed by atoms with E-state index in [0.717, 1.165) is 12.2 Å². The van der Waals surface area contributed by atoms with Gasteiger partial charge < -0.3 is 15.2 Å². The zero-order chi connectivity index (χ0) is 13.4. The van der Waals surface area contributed by atoms with Crippen molar-refractivity contribution in [2.75, 3.05) is 26.4 Å². The number of ether oxygens (including phenoxy) is 2. The Kier molecular flexibility index (Phi) is 6.86. The fraction of sp³-hybridized carbons (Fsp3) is 0.571. The van der Waals surface area contributed by atoms with E-state index in [-0.39, 0.29) is 11.9 Å². The van der Waals surface area contributed by atoms with Crippen LogP contribution in [0.4, 0.5) is 4.39 Å². The predicted octanol–water partition coefficient (Wildman–Crippen LogP) is 2.51. The monoisotopic (exact) mass is 255 g/mol. The minimum atomic E-state index is -0.255. The Hall–Kier alpha value is -0.970. The lowest BCUT2D eigenvalue weighted by Gasteiger charge is -2.16. The van der Waals surface area contributed by atoms with Crippen LogP contribution in [0.5, 0.6) is 0 Å². The van der Waals surface area contributed by atoms with Gasteiger partial charge in [0.05, 0.1) is 19.3 Å². The Balaban J connectivity index is 2.31. The van der Waals surface area contributed by atoms with Gasteiger partial charge in [-0.25, -0.2) is 4.39 Å². The molecule has 0 bridgehead atoms. The number of hydrogen-bond donors (Lipinski definition) is 1. The highest BCUT2D eigenvalue weighted by atomic mass is 19.1. The van der Waals surface area contributed by atoms with Gasteiger partial charge in [0.2, 0.25) is 0 Å². The van der Waals surface area contributed by atoms with Crippen molar-refractivity contribution in [2.24, 2.45) is 11.7 Å². The van der Waals surface area contributed by atoms with Crippen molar-refractivity contribution in [1.29, 1.82) is 0 Å². The summed E-state index contributed by atoms with van der Waals surface area (Å²) in [6, 6.07) is 6.22. The van der Waals surface area contributed by atoms with Crippen molar-refractivity contribution >= 4 is 0 Å². The molecule has 0 heterocycles. The third-order valence-electron chi connectivity index (χ3n) is 2.45. The van der Waals surface area contributed by atoms with Crippen molar-refractivity contribution in [3.8, 4) is 0 Å². The molecular weight excluding hydrogens is 233 g/mol. The second-order valence-electron chi connectivity index (χ2n) is 4.62. The molecule has 0 fully saturated rings. The molecule has 1 aromatic carbocycles. The third kappa shape index (κ3) is 5.58. The number of halogens is 1. The fourth-order valence-electron chi connectivity index (χ4n) is 1.55. The highest BCUT2D eigenvalue weighted by Crippen LogP contribution is 2.16. The van der Waals surface area contributed by atoms with E-state index in [2.05, 4.69) is 13.8 Å². The van der Waals surface area contributed by atoms with Crippen molar-refractivity contribution in [1.82, 2.24) is 0 Å². The van der Waals surface area contributed by atoms with Gasteiger partial charge in [-0.3, -0.25) is 0 Å². The van der Waals surface area contributed by atoms with Gasteiger partial charge in [0, 0.05) is 13.2 Å². The van der Waals surface area contributed by atoms with Crippen LogP contribution in [0.3, 0.4) is 0 Å². The summed E-state index contributed by atoms with van der Waals surface area (Å²) >= 11 is 0. The molecule has 0 amide bonds. The molecular formula is C14H22FNO2. The average molecular weight is 255 g/mol. The maximum atomic E-state index is 12.8. The minimum absolute atomic E-state index is 0.201. The topological polar surface area (TPSA) is 44.5 Å². The van der Waals surface area contributed by atoms with E-state index >= 15 is 0 Å². The van der Waals surface area contributed by atoms with E-state index in [4.69, 9.17) is 15.2 Å². The second kappa shape index (κ2) is 8.19. The molecule has 1 aromatic rings. The van der Waals surface area contributed by atoms with Crippen LogP contribution >= 0.6 is 0 Å². The molecule has 18 heavy (non-hydrogen) atoms. The molecule has 0 aliphatic carbocycles. The third-order valence-corrected chi connectivity index (χ3v) is 2.45. The van der Waals surface area contributed by atoms with Gasteiger partial charge in [0.25, 0.3) is 0 Å². The van der Waals surface area contributed by atoms with Crippen molar-refractivity contribution in [2.45, 2.75) is 20.0 Å². The summed E-state index contributed by atoms with van der Waals surface area (Å²) in [6.07, 6.45) is -0.201. The highest BCUT2D eigenvalue weighted by molar-refractivity contribution is 5.18. The molecule has 0 radical (unpaired) electrons. The Labute approximate surface area is 108 Å². The number of rotatable bonds is 8. The van der Waals surface area contributed by atoms with Gasteiger partial charge in [0.1, 0.15) is 5.82 Å². The zero-order valence-electron chi connectivity index (χ0n) is 11.1. The van der Waals surface area contributed by atoms with E-state index < -0.39 is 0 Å². The summed E-state index contributed by atoms with van der Waals surface area (Å²) in [6.45, 7) is 6.34. The smallest absolute Gasteiger partial charge is 0.123 e. The molecule has 3 nitrogen and oxygen atoms in total. The highest BCUT2D eigenvalue weighted by Gasteiger charge is 2.09. The molecule has 0 aromatic heterocycles. The molecule has 0 saturated heterocycles. The van der Waals surface area contributed by atoms with Crippen molar-refractivity contribution in [3.05, 3.63) is 35.6 Å². The van der Waals surface area contributed by atoms with Crippen LogP contribution in [0.2, 0.25) is 0 Å². The van der Waals surface area contributed by atoms with Gasteiger partial charge in [-0.1, -0.05) is 26.0 Å². The first-order valence-corrected chi connectivity index (χ1v) is 6.28. The van der Waals surface area contributed by atoms with Crippen molar-refractivity contribution in [3.63, 3.8) is 0 Å². The van der Waals surface area contributed by atoms with E-state index in [1.165, 1.54) is 12.1 Å². The summed E-state index contributed by atoms with van der Waals surface area (Å²) in [7, 11) is 0. The Morgan fingerprint density at radius 1 is 1.17 bits per heavy atom. The van der Waals surface area contributed by atoms with E-state index in [9.17, 15) is 4.39 Å². The fourth-order valence-corrected chi connectivity index (χ4v) is 1.55. The summed E-state index contributed by atoms with van der Waals surface area (Å²) in [5.74, 6) is 0.266. The Bertz CT molecular complexity index is 327. The summed E-state index contributed by atoms with van der Waals surface area (Å²) in [5, 5.41) is 0. The quantitative estimate of drug-likeness (QED) is 0.726. The molecule has 1 atom stereocenters. The standard InChI is InChI=1S/C14H22FNO2/c1-11(2)10-17-7-8-18-14(9-16)12-3-5-13(15)6-4-12/h3-6,11,14H,7-10,16H2,1-2H3. The second-order valence-corrected chi connectivity index (χ2v) is 4.62. The molecule has 0 spiro atoms. The van der Waals surface area contributed by atoms with Crippen molar-refractivity contribution < 1.29 is 13.9 Å². The van der Waals surface area contributed by atoms with Gasteiger partial charge >= 0.3 is 0 Å². The molecule has 1 rings (SSSR count).